The van der Waals surface area contributed by atoms with Gasteiger partial charge in [-0.15, -0.1) is 35.8 Å². The monoisotopic (exact) mass is 443 g/mol. The maximum absolute atomic E-state index is 13.1. The Morgan fingerprint density at radius 1 is 1.14 bits per heavy atom. The molecule has 0 N–H and O–H groups in total. The van der Waals surface area contributed by atoms with Crippen LogP contribution in [-0.4, -0.2) is 23.7 Å². The zero-order chi connectivity index (χ0) is 19.9. The molecule has 9 heteroatoms. The molecular weight excluding hydrogens is 431 g/mol. The van der Waals surface area contributed by atoms with Crippen molar-refractivity contribution < 1.29 is 22.7 Å². The standard InChI is InChI=1S/C19H13ClF3NO2S2/c20-15-6-5-14(28-15)18(25)24-9-7-12-8-10-27-17(12)16(24)11-1-3-13(4-2-11)26-19(21,22)23/h1-6,8,10,16H,7,9H2. The van der Waals surface area contributed by atoms with Crippen molar-refractivity contribution >= 4 is 40.2 Å². The van der Waals surface area contributed by atoms with Crippen molar-refractivity contribution in [2.45, 2.75) is 18.8 Å². The first-order valence-corrected chi connectivity index (χ1v) is 10.4. The van der Waals surface area contributed by atoms with Crippen LogP contribution in [-0.2, 0) is 6.42 Å². The van der Waals surface area contributed by atoms with Crippen LogP contribution in [0.2, 0.25) is 4.34 Å². The van der Waals surface area contributed by atoms with Crippen molar-refractivity contribution in [3.05, 3.63) is 73.1 Å². The second-order valence-electron chi connectivity index (χ2n) is 6.18. The molecule has 1 atom stereocenters. The number of ether oxygens (including phenoxy) is 1. The average molecular weight is 444 g/mol. The van der Waals surface area contributed by atoms with Gasteiger partial charge in [0.15, 0.2) is 0 Å². The maximum atomic E-state index is 13.1. The Labute approximate surface area is 171 Å². The first kappa shape index (κ1) is 19.3. The number of amides is 1. The molecule has 28 heavy (non-hydrogen) atoms. The van der Waals surface area contributed by atoms with E-state index in [4.69, 9.17) is 11.6 Å². The number of thiophene rings is 2. The van der Waals surface area contributed by atoms with E-state index in [-0.39, 0.29) is 17.7 Å². The predicted octanol–water partition coefficient (Wildman–Crippen LogP) is 6.15. The summed E-state index contributed by atoms with van der Waals surface area (Å²) in [6.07, 6.45) is -4.01. The number of halogens is 4. The molecule has 0 bridgehead atoms. The third-order valence-corrected chi connectivity index (χ3v) is 6.67. The number of benzene rings is 1. The maximum Gasteiger partial charge on any atom is 0.573 e. The highest BCUT2D eigenvalue weighted by Crippen LogP contribution is 2.40. The van der Waals surface area contributed by atoms with Gasteiger partial charge in [0.2, 0.25) is 0 Å². The number of rotatable bonds is 3. The molecule has 3 aromatic rings. The van der Waals surface area contributed by atoms with Gasteiger partial charge in [-0.2, -0.15) is 0 Å². The van der Waals surface area contributed by atoms with Crippen molar-refractivity contribution in [1.29, 1.82) is 0 Å². The minimum absolute atomic E-state index is 0.142. The number of carbonyl (C=O) groups is 1. The van der Waals surface area contributed by atoms with E-state index in [0.717, 1.165) is 22.4 Å². The van der Waals surface area contributed by atoms with Crippen LogP contribution in [0.25, 0.3) is 0 Å². The summed E-state index contributed by atoms with van der Waals surface area (Å²) in [7, 11) is 0. The van der Waals surface area contributed by atoms with Crippen LogP contribution < -0.4 is 4.74 Å². The molecule has 0 aliphatic carbocycles. The lowest BCUT2D eigenvalue weighted by atomic mass is 9.95. The number of hydrogen-bond acceptors (Lipinski definition) is 4. The van der Waals surface area contributed by atoms with Crippen LogP contribution in [0.1, 0.15) is 31.7 Å². The van der Waals surface area contributed by atoms with E-state index in [1.54, 1.807) is 29.2 Å². The lowest BCUT2D eigenvalue weighted by Gasteiger charge is -2.36. The number of nitrogens with zero attached hydrogens (tertiary/aromatic N) is 1. The summed E-state index contributed by atoms with van der Waals surface area (Å²) in [6, 6.07) is 10.7. The quantitative estimate of drug-likeness (QED) is 0.486. The first-order valence-electron chi connectivity index (χ1n) is 8.30. The van der Waals surface area contributed by atoms with Gasteiger partial charge in [0.1, 0.15) is 5.75 Å². The summed E-state index contributed by atoms with van der Waals surface area (Å²) >= 11 is 8.72. The van der Waals surface area contributed by atoms with Crippen LogP contribution in [0.3, 0.4) is 0 Å². The Bertz CT molecular complexity index is 997. The van der Waals surface area contributed by atoms with E-state index in [9.17, 15) is 18.0 Å². The highest BCUT2D eigenvalue weighted by molar-refractivity contribution is 7.18. The molecular formula is C19H13ClF3NO2S2. The topological polar surface area (TPSA) is 29.5 Å². The fraction of sp³-hybridized carbons (Fsp3) is 0.211. The summed E-state index contributed by atoms with van der Waals surface area (Å²) in [6.45, 7) is 0.517. The fourth-order valence-electron chi connectivity index (χ4n) is 3.28. The predicted molar refractivity (Wildman–Crippen MR) is 103 cm³/mol. The summed E-state index contributed by atoms with van der Waals surface area (Å²) < 4.78 is 41.8. The van der Waals surface area contributed by atoms with E-state index in [2.05, 4.69) is 4.74 Å². The van der Waals surface area contributed by atoms with Crippen molar-refractivity contribution in [1.82, 2.24) is 4.90 Å². The molecule has 0 fully saturated rings. The van der Waals surface area contributed by atoms with Gasteiger partial charge in [0.25, 0.3) is 5.91 Å². The molecule has 0 saturated heterocycles. The molecule has 0 radical (unpaired) electrons. The number of hydrogen-bond donors (Lipinski definition) is 0. The Balaban J connectivity index is 1.69. The second-order valence-corrected chi connectivity index (χ2v) is 8.84. The number of fused-ring (bicyclic) bond motifs is 1. The molecule has 3 nitrogen and oxygen atoms in total. The van der Waals surface area contributed by atoms with Gasteiger partial charge < -0.3 is 9.64 Å². The van der Waals surface area contributed by atoms with Crippen molar-refractivity contribution in [2.75, 3.05) is 6.54 Å². The molecule has 2 aromatic heterocycles. The summed E-state index contributed by atoms with van der Waals surface area (Å²) in [5.41, 5.74) is 1.88. The number of carbonyl (C=O) groups excluding carboxylic acids is 1. The summed E-state index contributed by atoms with van der Waals surface area (Å²) in [5.74, 6) is -0.432. The van der Waals surface area contributed by atoms with Crippen LogP contribution in [0.15, 0.2) is 47.8 Å². The van der Waals surface area contributed by atoms with Crippen molar-refractivity contribution in [3.8, 4) is 5.75 Å². The molecule has 1 aromatic carbocycles. The summed E-state index contributed by atoms with van der Waals surface area (Å²) in [4.78, 5) is 16.4. The third kappa shape index (κ3) is 3.90. The van der Waals surface area contributed by atoms with Crippen LogP contribution in [0, 0.1) is 0 Å². The van der Waals surface area contributed by atoms with Gasteiger partial charge in [-0.3, -0.25) is 4.79 Å². The lowest BCUT2D eigenvalue weighted by molar-refractivity contribution is -0.274. The van der Waals surface area contributed by atoms with Crippen LogP contribution in [0.4, 0.5) is 13.2 Å². The Kier molecular flexibility index (Phi) is 5.11. The van der Waals surface area contributed by atoms with E-state index >= 15 is 0 Å². The fourth-order valence-corrected chi connectivity index (χ4v) is 5.37. The first-order chi connectivity index (χ1) is 13.3. The molecule has 3 heterocycles. The van der Waals surface area contributed by atoms with Crippen LogP contribution >= 0.6 is 34.3 Å². The Hall–Kier alpha value is -2.03. The summed E-state index contributed by atoms with van der Waals surface area (Å²) in [5, 5.41) is 1.97. The molecule has 1 amide bonds. The highest BCUT2D eigenvalue weighted by Gasteiger charge is 2.35. The molecule has 1 aliphatic heterocycles. The van der Waals surface area contributed by atoms with Crippen LogP contribution in [0.5, 0.6) is 5.75 Å². The lowest BCUT2D eigenvalue weighted by Crippen LogP contribution is -2.39. The van der Waals surface area contributed by atoms with Gasteiger partial charge in [0, 0.05) is 11.4 Å². The Morgan fingerprint density at radius 2 is 1.89 bits per heavy atom. The SMILES string of the molecule is O=C(c1ccc(Cl)s1)N1CCc2ccsc2C1c1ccc(OC(F)(F)F)cc1. The van der Waals surface area contributed by atoms with E-state index < -0.39 is 6.36 Å². The smallest absolute Gasteiger partial charge is 0.406 e. The van der Waals surface area contributed by atoms with Gasteiger partial charge in [-0.1, -0.05) is 23.7 Å². The largest absolute Gasteiger partial charge is 0.573 e. The van der Waals surface area contributed by atoms with Crippen molar-refractivity contribution in [2.24, 2.45) is 0 Å². The number of alkyl halides is 3. The third-order valence-electron chi connectivity index (χ3n) is 4.44. The highest BCUT2D eigenvalue weighted by atomic mass is 35.5. The van der Waals surface area contributed by atoms with Gasteiger partial charge in [-0.25, -0.2) is 0 Å². The van der Waals surface area contributed by atoms with E-state index in [1.165, 1.54) is 34.8 Å². The van der Waals surface area contributed by atoms with E-state index in [0.29, 0.717) is 15.8 Å². The van der Waals surface area contributed by atoms with Gasteiger partial charge >= 0.3 is 6.36 Å². The zero-order valence-electron chi connectivity index (χ0n) is 14.2. The van der Waals surface area contributed by atoms with E-state index in [1.807, 2.05) is 11.4 Å². The van der Waals surface area contributed by atoms with Gasteiger partial charge in [-0.05, 0) is 53.3 Å². The normalized spacial score (nSPS) is 16.7. The molecule has 4 rings (SSSR count). The zero-order valence-corrected chi connectivity index (χ0v) is 16.6. The Morgan fingerprint density at radius 3 is 2.54 bits per heavy atom. The van der Waals surface area contributed by atoms with Gasteiger partial charge in [0.05, 0.1) is 15.3 Å². The molecule has 1 aliphatic rings. The molecule has 0 spiro atoms. The molecule has 0 saturated carbocycles. The minimum Gasteiger partial charge on any atom is -0.406 e. The molecule has 146 valence electrons. The minimum atomic E-state index is -4.74. The molecule has 1 unspecified atom stereocenters. The average Bonchev–Trinajstić information content (AvgIpc) is 3.28. The van der Waals surface area contributed by atoms with Crippen molar-refractivity contribution in [3.63, 3.8) is 0 Å². The second kappa shape index (κ2) is 7.42.